The Hall–Kier alpha value is -1.10. The first-order valence-corrected chi connectivity index (χ1v) is 5.62. The van der Waals surface area contributed by atoms with E-state index in [-0.39, 0.29) is 6.61 Å². The zero-order valence-corrected chi connectivity index (χ0v) is 9.61. The van der Waals surface area contributed by atoms with Gasteiger partial charge in [0.1, 0.15) is 5.65 Å². The number of pyridine rings is 1. The second-order valence-corrected chi connectivity index (χ2v) is 4.02. The van der Waals surface area contributed by atoms with Crippen LogP contribution in [-0.4, -0.2) is 27.6 Å². The Labute approximate surface area is 98.9 Å². The van der Waals surface area contributed by atoms with Gasteiger partial charge in [-0.25, -0.2) is 4.98 Å². The number of hydrogen-bond donors (Lipinski definition) is 2. The summed E-state index contributed by atoms with van der Waals surface area (Å²) in [6, 6.07) is 3.71. The van der Waals surface area contributed by atoms with Crippen molar-refractivity contribution in [1.82, 2.24) is 14.7 Å². The van der Waals surface area contributed by atoms with Crippen LogP contribution < -0.4 is 5.32 Å². The van der Waals surface area contributed by atoms with Crippen molar-refractivity contribution in [3.63, 3.8) is 0 Å². The van der Waals surface area contributed by atoms with Gasteiger partial charge in [0.2, 0.25) is 0 Å². The van der Waals surface area contributed by atoms with Gasteiger partial charge < -0.3 is 14.8 Å². The topological polar surface area (TPSA) is 49.6 Å². The van der Waals surface area contributed by atoms with Gasteiger partial charge in [-0.1, -0.05) is 11.6 Å². The lowest BCUT2D eigenvalue weighted by atomic mass is 10.4. The van der Waals surface area contributed by atoms with Crippen LogP contribution in [0.5, 0.6) is 0 Å². The van der Waals surface area contributed by atoms with Gasteiger partial charge in [-0.3, -0.25) is 0 Å². The third-order valence-corrected chi connectivity index (χ3v) is 2.59. The van der Waals surface area contributed by atoms with Crippen LogP contribution in [0.25, 0.3) is 5.65 Å². The molecule has 0 atom stereocenters. The summed E-state index contributed by atoms with van der Waals surface area (Å²) >= 11 is 5.93. The normalized spacial score (nSPS) is 11.1. The zero-order valence-electron chi connectivity index (χ0n) is 8.86. The molecule has 16 heavy (non-hydrogen) atoms. The number of imidazole rings is 1. The molecule has 0 bridgehead atoms. The molecule has 0 saturated heterocycles. The number of fused-ring (bicyclic) bond motifs is 1. The van der Waals surface area contributed by atoms with Crippen molar-refractivity contribution in [2.24, 2.45) is 0 Å². The van der Waals surface area contributed by atoms with Crippen LogP contribution in [0, 0.1) is 0 Å². The summed E-state index contributed by atoms with van der Waals surface area (Å²) < 4.78 is 1.97. The predicted molar refractivity (Wildman–Crippen MR) is 63.6 cm³/mol. The highest BCUT2D eigenvalue weighted by Gasteiger charge is 2.02. The number of halogens is 1. The average Bonchev–Trinajstić information content (AvgIpc) is 2.67. The summed E-state index contributed by atoms with van der Waals surface area (Å²) in [5, 5.41) is 12.6. The Balaban J connectivity index is 2.09. The summed E-state index contributed by atoms with van der Waals surface area (Å²) in [6.07, 6.45) is 4.45. The maximum atomic E-state index is 8.66. The molecule has 0 aliphatic heterocycles. The molecular formula is C11H14ClN3O. The number of nitrogens with one attached hydrogen (secondary N) is 1. The first kappa shape index (κ1) is 11.4. The fourth-order valence-electron chi connectivity index (χ4n) is 1.56. The van der Waals surface area contributed by atoms with Crippen LogP contribution in [0.15, 0.2) is 24.5 Å². The van der Waals surface area contributed by atoms with Crippen molar-refractivity contribution in [3.8, 4) is 0 Å². The highest BCUT2D eigenvalue weighted by Crippen LogP contribution is 2.12. The van der Waals surface area contributed by atoms with Gasteiger partial charge in [0, 0.05) is 19.3 Å². The first-order chi connectivity index (χ1) is 7.81. The largest absolute Gasteiger partial charge is 0.396 e. The molecule has 5 heteroatoms. The van der Waals surface area contributed by atoms with Crippen molar-refractivity contribution in [3.05, 3.63) is 35.2 Å². The molecule has 0 fully saturated rings. The summed E-state index contributed by atoms with van der Waals surface area (Å²) in [6.45, 7) is 1.73. The van der Waals surface area contributed by atoms with Crippen LogP contribution in [-0.2, 0) is 6.54 Å². The molecule has 2 rings (SSSR count). The molecule has 2 aromatic heterocycles. The highest BCUT2D eigenvalue weighted by atomic mass is 35.5. The maximum absolute atomic E-state index is 8.66. The van der Waals surface area contributed by atoms with Crippen LogP contribution in [0.2, 0.25) is 5.02 Å². The quantitative estimate of drug-likeness (QED) is 0.777. The summed E-state index contributed by atoms with van der Waals surface area (Å²) in [5.41, 5.74) is 1.96. The van der Waals surface area contributed by atoms with Crippen molar-refractivity contribution < 1.29 is 5.11 Å². The molecule has 0 spiro atoms. The SMILES string of the molecule is OCCCNCc1cnc2ccc(Cl)cn12. The van der Waals surface area contributed by atoms with E-state index < -0.39 is 0 Å². The van der Waals surface area contributed by atoms with E-state index in [0.717, 1.165) is 30.9 Å². The lowest BCUT2D eigenvalue weighted by Gasteiger charge is -2.03. The molecule has 0 radical (unpaired) electrons. The van der Waals surface area contributed by atoms with E-state index >= 15 is 0 Å². The highest BCUT2D eigenvalue weighted by molar-refractivity contribution is 6.30. The van der Waals surface area contributed by atoms with Gasteiger partial charge in [-0.05, 0) is 25.1 Å². The fourth-order valence-corrected chi connectivity index (χ4v) is 1.72. The smallest absolute Gasteiger partial charge is 0.137 e. The van der Waals surface area contributed by atoms with E-state index in [1.165, 1.54) is 0 Å². The van der Waals surface area contributed by atoms with Crippen LogP contribution in [0.3, 0.4) is 0 Å². The molecule has 0 amide bonds. The van der Waals surface area contributed by atoms with Gasteiger partial charge >= 0.3 is 0 Å². The number of aliphatic hydroxyl groups is 1. The molecule has 0 saturated carbocycles. The Bertz CT molecular complexity index is 469. The minimum atomic E-state index is 0.214. The van der Waals surface area contributed by atoms with Gasteiger partial charge in [-0.15, -0.1) is 0 Å². The van der Waals surface area contributed by atoms with Crippen LogP contribution in [0.1, 0.15) is 12.1 Å². The van der Waals surface area contributed by atoms with Gasteiger partial charge in [0.05, 0.1) is 16.9 Å². The maximum Gasteiger partial charge on any atom is 0.137 e. The summed E-state index contributed by atoms with van der Waals surface area (Å²) in [4.78, 5) is 4.27. The van der Waals surface area contributed by atoms with E-state index in [1.807, 2.05) is 28.9 Å². The second kappa shape index (κ2) is 5.30. The Kier molecular flexibility index (Phi) is 3.77. The van der Waals surface area contributed by atoms with Crippen molar-refractivity contribution in [2.45, 2.75) is 13.0 Å². The van der Waals surface area contributed by atoms with E-state index in [4.69, 9.17) is 16.7 Å². The number of nitrogens with zero attached hydrogens (tertiary/aromatic N) is 2. The van der Waals surface area contributed by atoms with E-state index in [1.54, 1.807) is 0 Å². The molecule has 2 aromatic rings. The van der Waals surface area contributed by atoms with Gasteiger partial charge in [0.15, 0.2) is 0 Å². The van der Waals surface area contributed by atoms with Crippen molar-refractivity contribution in [2.75, 3.05) is 13.2 Å². The number of aromatic nitrogens is 2. The Morgan fingerprint density at radius 1 is 1.44 bits per heavy atom. The first-order valence-electron chi connectivity index (χ1n) is 5.24. The third kappa shape index (κ3) is 2.52. The number of rotatable bonds is 5. The lowest BCUT2D eigenvalue weighted by molar-refractivity contribution is 0.286. The minimum absolute atomic E-state index is 0.214. The molecule has 86 valence electrons. The summed E-state index contributed by atoms with van der Waals surface area (Å²) in [7, 11) is 0. The third-order valence-electron chi connectivity index (χ3n) is 2.36. The molecule has 2 heterocycles. The number of hydrogen-bond acceptors (Lipinski definition) is 3. The van der Waals surface area contributed by atoms with Crippen LogP contribution in [0.4, 0.5) is 0 Å². The summed E-state index contributed by atoms with van der Waals surface area (Å²) in [5.74, 6) is 0. The lowest BCUT2D eigenvalue weighted by Crippen LogP contribution is -2.16. The van der Waals surface area contributed by atoms with E-state index in [0.29, 0.717) is 5.02 Å². The van der Waals surface area contributed by atoms with E-state index in [2.05, 4.69) is 10.3 Å². The Morgan fingerprint density at radius 2 is 2.31 bits per heavy atom. The predicted octanol–water partition coefficient (Wildman–Crippen LogP) is 1.46. The standard InChI is InChI=1S/C11H14ClN3O/c12-9-2-3-11-14-7-10(15(11)8-9)6-13-4-1-5-16/h2-3,7-8,13,16H,1,4-6H2. The van der Waals surface area contributed by atoms with Crippen molar-refractivity contribution >= 4 is 17.2 Å². The number of aliphatic hydroxyl groups excluding tert-OH is 1. The molecular weight excluding hydrogens is 226 g/mol. The second-order valence-electron chi connectivity index (χ2n) is 3.58. The van der Waals surface area contributed by atoms with Gasteiger partial charge in [-0.2, -0.15) is 0 Å². The van der Waals surface area contributed by atoms with Gasteiger partial charge in [0.25, 0.3) is 0 Å². The molecule has 0 aromatic carbocycles. The fraction of sp³-hybridized carbons (Fsp3) is 0.364. The van der Waals surface area contributed by atoms with E-state index in [9.17, 15) is 0 Å². The van der Waals surface area contributed by atoms with Crippen LogP contribution >= 0.6 is 11.6 Å². The zero-order chi connectivity index (χ0) is 11.4. The molecule has 0 aliphatic rings. The molecule has 4 nitrogen and oxygen atoms in total. The Morgan fingerprint density at radius 3 is 3.12 bits per heavy atom. The monoisotopic (exact) mass is 239 g/mol. The molecule has 2 N–H and O–H groups in total. The minimum Gasteiger partial charge on any atom is -0.396 e. The molecule has 0 unspecified atom stereocenters. The molecule has 0 aliphatic carbocycles. The van der Waals surface area contributed by atoms with Crippen molar-refractivity contribution in [1.29, 1.82) is 0 Å². The average molecular weight is 240 g/mol.